The number of urea groups is 1. The highest BCUT2D eigenvalue weighted by Gasteiger charge is 2.49. The van der Waals surface area contributed by atoms with Crippen LogP contribution in [0.4, 0.5) is 4.79 Å². The second kappa shape index (κ2) is 7.61. The van der Waals surface area contributed by atoms with Crippen molar-refractivity contribution in [2.45, 2.75) is 38.8 Å². The molecule has 0 radical (unpaired) electrons. The zero-order chi connectivity index (χ0) is 19.4. The Labute approximate surface area is 157 Å². The highest BCUT2D eigenvalue weighted by molar-refractivity contribution is 6.08. The normalized spacial score (nSPS) is 15.7. The lowest BCUT2D eigenvalue weighted by molar-refractivity contribution is -0.135. The summed E-state index contributed by atoms with van der Waals surface area (Å²) >= 11 is 0. The van der Waals surface area contributed by atoms with Crippen LogP contribution in [0.15, 0.2) is 42.7 Å². The van der Waals surface area contributed by atoms with Gasteiger partial charge in [-0.3, -0.25) is 14.5 Å². The minimum Gasteiger partial charge on any atom is -0.350 e. The van der Waals surface area contributed by atoms with Gasteiger partial charge in [0.05, 0.1) is 5.69 Å². The van der Waals surface area contributed by atoms with Crippen LogP contribution in [0, 0.1) is 0 Å². The zero-order valence-corrected chi connectivity index (χ0v) is 15.4. The van der Waals surface area contributed by atoms with Crippen molar-refractivity contribution in [3.05, 3.63) is 48.3 Å². The van der Waals surface area contributed by atoms with E-state index in [-0.39, 0.29) is 18.4 Å². The van der Waals surface area contributed by atoms with E-state index in [1.54, 1.807) is 10.9 Å². The van der Waals surface area contributed by atoms with Crippen molar-refractivity contribution in [3.63, 3.8) is 0 Å². The van der Waals surface area contributed by atoms with Gasteiger partial charge in [-0.15, -0.1) is 0 Å². The van der Waals surface area contributed by atoms with Gasteiger partial charge in [-0.1, -0.05) is 26.0 Å². The average molecular weight is 369 g/mol. The molecule has 142 valence electrons. The molecule has 0 bridgehead atoms. The molecule has 1 aliphatic rings. The average Bonchev–Trinajstić information content (AvgIpc) is 3.30. The lowest BCUT2D eigenvalue weighted by Crippen LogP contribution is -2.46. The molecular formula is C19H23N5O3. The van der Waals surface area contributed by atoms with Gasteiger partial charge < -0.3 is 10.6 Å². The molecule has 3 rings (SSSR count). The molecule has 1 aromatic heterocycles. The second-order valence-corrected chi connectivity index (χ2v) is 6.50. The van der Waals surface area contributed by atoms with Crippen molar-refractivity contribution < 1.29 is 14.4 Å². The van der Waals surface area contributed by atoms with Gasteiger partial charge in [0.15, 0.2) is 0 Å². The first-order chi connectivity index (χ1) is 13.0. The van der Waals surface area contributed by atoms with Crippen LogP contribution in [0.5, 0.6) is 0 Å². The molecule has 27 heavy (non-hydrogen) atoms. The fraction of sp³-hybridized carbons (Fsp3) is 0.368. The molecule has 0 atom stereocenters. The van der Waals surface area contributed by atoms with Gasteiger partial charge in [0, 0.05) is 18.9 Å². The fourth-order valence-electron chi connectivity index (χ4n) is 3.14. The quantitative estimate of drug-likeness (QED) is 0.725. The summed E-state index contributed by atoms with van der Waals surface area (Å²) in [6, 6.07) is 8.93. The van der Waals surface area contributed by atoms with Gasteiger partial charge in [-0.25, -0.2) is 9.48 Å². The minimum atomic E-state index is -0.889. The number of benzene rings is 1. The first kappa shape index (κ1) is 18.6. The lowest BCUT2D eigenvalue weighted by atomic mass is 9.93. The van der Waals surface area contributed by atoms with Crippen molar-refractivity contribution in [2.75, 3.05) is 6.54 Å². The monoisotopic (exact) mass is 369 g/mol. The van der Waals surface area contributed by atoms with E-state index < -0.39 is 11.6 Å². The Morgan fingerprint density at radius 2 is 1.89 bits per heavy atom. The van der Waals surface area contributed by atoms with E-state index in [1.807, 2.05) is 50.4 Å². The van der Waals surface area contributed by atoms with Gasteiger partial charge in [0.2, 0.25) is 5.91 Å². The maximum Gasteiger partial charge on any atom is 0.325 e. The van der Waals surface area contributed by atoms with Crippen molar-refractivity contribution in [1.82, 2.24) is 25.3 Å². The predicted octanol–water partition coefficient (Wildman–Crippen LogP) is 1.60. The number of rotatable bonds is 7. The second-order valence-electron chi connectivity index (χ2n) is 6.50. The molecule has 0 aliphatic carbocycles. The van der Waals surface area contributed by atoms with E-state index in [0.717, 1.165) is 16.2 Å². The number of hydrogen-bond donors (Lipinski definition) is 2. The van der Waals surface area contributed by atoms with Gasteiger partial charge in [0.1, 0.15) is 12.1 Å². The number of amides is 4. The van der Waals surface area contributed by atoms with Crippen molar-refractivity contribution in [3.8, 4) is 5.69 Å². The lowest BCUT2D eigenvalue weighted by Gasteiger charge is -2.23. The van der Waals surface area contributed by atoms with Crippen LogP contribution >= 0.6 is 0 Å². The number of hydrogen-bond acceptors (Lipinski definition) is 4. The summed E-state index contributed by atoms with van der Waals surface area (Å²) < 4.78 is 1.74. The van der Waals surface area contributed by atoms with Gasteiger partial charge in [0.25, 0.3) is 5.91 Å². The smallest absolute Gasteiger partial charge is 0.325 e. The highest BCUT2D eigenvalue weighted by Crippen LogP contribution is 2.24. The summed E-state index contributed by atoms with van der Waals surface area (Å²) in [7, 11) is 0. The molecule has 1 aliphatic heterocycles. The Kier molecular flexibility index (Phi) is 5.25. The van der Waals surface area contributed by atoms with Crippen molar-refractivity contribution >= 4 is 17.8 Å². The van der Waals surface area contributed by atoms with E-state index >= 15 is 0 Å². The van der Waals surface area contributed by atoms with Crippen LogP contribution < -0.4 is 10.6 Å². The van der Waals surface area contributed by atoms with Gasteiger partial charge >= 0.3 is 6.03 Å². The molecule has 0 saturated carbocycles. The molecule has 1 saturated heterocycles. The molecule has 2 heterocycles. The molecule has 4 amide bonds. The molecule has 8 nitrogen and oxygen atoms in total. The summed E-state index contributed by atoms with van der Waals surface area (Å²) in [5, 5.41) is 9.62. The SMILES string of the molecule is CCC1(CC)NC(=O)N(CC(=O)NCc2ccc(-n3cccn3)cc2)C1=O. The third-order valence-corrected chi connectivity index (χ3v) is 4.95. The molecule has 8 heteroatoms. The summed E-state index contributed by atoms with van der Waals surface area (Å²) in [5.41, 5.74) is 0.942. The summed E-state index contributed by atoms with van der Waals surface area (Å²) in [5.74, 6) is -0.714. The first-order valence-corrected chi connectivity index (χ1v) is 8.99. The largest absolute Gasteiger partial charge is 0.350 e. The number of nitrogens with zero attached hydrogens (tertiary/aromatic N) is 3. The van der Waals surface area contributed by atoms with Crippen LogP contribution in [-0.2, 0) is 16.1 Å². The first-order valence-electron chi connectivity index (χ1n) is 8.99. The minimum absolute atomic E-state index is 0.280. The highest BCUT2D eigenvalue weighted by atomic mass is 16.2. The molecule has 1 aromatic carbocycles. The Bertz CT molecular complexity index is 826. The Morgan fingerprint density at radius 1 is 1.19 bits per heavy atom. The molecule has 0 spiro atoms. The van der Waals surface area contributed by atoms with Crippen molar-refractivity contribution in [1.29, 1.82) is 0 Å². The number of nitrogens with one attached hydrogen (secondary N) is 2. The summed E-state index contributed by atoms with van der Waals surface area (Å²) in [4.78, 5) is 37.8. The Morgan fingerprint density at radius 3 is 2.44 bits per heavy atom. The van der Waals surface area contributed by atoms with E-state index in [2.05, 4.69) is 15.7 Å². The molecule has 2 aromatic rings. The number of carbonyl (C=O) groups excluding carboxylic acids is 3. The van der Waals surface area contributed by atoms with Crippen LogP contribution in [0.1, 0.15) is 32.3 Å². The summed E-state index contributed by atoms with van der Waals surface area (Å²) in [6.07, 6.45) is 4.54. The Balaban J connectivity index is 1.55. The molecule has 2 N–H and O–H groups in total. The molecular weight excluding hydrogens is 346 g/mol. The fourth-order valence-corrected chi connectivity index (χ4v) is 3.14. The van der Waals surface area contributed by atoms with E-state index in [4.69, 9.17) is 0 Å². The number of carbonyl (C=O) groups is 3. The van der Waals surface area contributed by atoms with E-state index in [1.165, 1.54) is 0 Å². The van der Waals surface area contributed by atoms with Crippen LogP contribution in [0.25, 0.3) is 5.69 Å². The van der Waals surface area contributed by atoms with Crippen LogP contribution in [0.3, 0.4) is 0 Å². The summed E-state index contributed by atoms with van der Waals surface area (Å²) in [6.45, 7) is 3.72. The van der Waals surface area contributed by atoms with Crippen LogP contribution in [-0.4, -0.2) is 44.6 Å². The van der Waals surface area contributed by atoms with Gasteiger partial charge in [-0.05, 0) is 36.6 Å². The van der Waals surface area contributed by atoms with E-state index in [9.17, 15) is 14.4 Å². The number of aromatic nitrogens is 2. The topological polar surface area (TPSA) is 96.3 Å². The maximum absolute atomic E-state index is 12.5. The maximum atomic E-state index is 12.5. The Hall–Kier alpha value is -3.16. The standard InChI is InChI=1S/C19H23N5O3/c1-3-19(4-2)17(26)23(18(27)22-19)13-16(25)20-12-14-6-8-15(9-7-14)24-11-5-10-21-24/h5-11H,3-4,12-13H2,1-2H3,(H,20,25)(H,22,27). The molecule has 0 unspecified atom stereocenters. The van der Waals surface area contributed by atoms with Gasteiger partial charge in [-0.2, -0.15) is 5.10 Å². The molecule has 1 fully saturated rings. The predicted molar refractivity (Wildman–Crippen MR) is 99.0 cm³/mol. The number of imide groups is 1. The third kappa shape index (κ3) is 3.69. The van der Waals surface area contributed by atoms with E-state index in [0.29, 0.717) is 19.4 Å². The third-order valence-electron chi connectivity index (χ3n) is 4.95. The van der Waals surface area contributed by atoms with Crippen LogP contribution in [0.2, 0.25) is 0 Å². The zero-order valence-electron chi connectivity index (χ0n) is 15.4. The van der Waals surface area contributed by atoms with Crippen molar-refractivity contribution in [2.24, 2.45) is 0 Å².